The van der Waals surface area contributed by atoms with Crippen LogP contribution in [0.4, 0.5) is 26.3 Å². The maximum absolute atomic E-state index is 15.8. The van der Waals surface area contributed by atoms with Crippen molar-refractivity contribution in [2.45, 2.75) is 280 Å². The van der Waals surface area contributed by atoms with E-state index in [-0.39, 0.29) is 161 Å². The minimum atomic E-state index is -4.55. The summed E-state index contributed by atoms with van der Waals surface area (Å²) < 4.78 is 90.4. The molecule has 9 aliphatic rings. The minimum absolute atomic E-state index is 0.00835. The molecule has 12 amide bonds. The van der Waals surface area contributed by atoms with E-state index < -0.39 is 203 Å². The second-order valence-corrected chi connectivity index (χ2v) is 34.1. The van der Waals surface area contributed by atoms with E-state index in [4.69, 9.17) is 16.3 Å². The Kier molecular flexibility index (Phi) is 29.3. The summed E-state index contributed by atoms with van der Waals surface area (Å²) in [6.45, 7) is 10.9. The number of hydrogen-bond acceptors (Lipinski definition) is 13. The van der Waals surface area contributed by atoms with Crippen molar-refractivity contribution in [2.75, 3.05) is 87.2 Å². The van der Waals surface area contributed by atoms with Crippen molar-refractivity contribution < 1.29 is 88.6 Å². The quantitative estimate of drug-likeness (QED) is 0.123. The Hall–Kier alpha value is -6.53. The lowest BCUT2D eigenvalue weighted by molar-refractivity contribution is -0.184. The van der Waals surface area contributed by atoms with Gasteiger partial charge in [-0.15, -0.1) is 11.6 Å². The van der Waals surface area contributed by atoms with Gasteiger partial charge in [-0.25, -0.2) is 0 Å². The molecule has 14 atom stereocenters. The molecule has 4 saturated carbocycles. The molecule has 5 aliphatic heterocycles. The predicted octanol–water partition coefficient (Wildman–Crippen LogP) is 7.04. The number of ether oxygens (including phenoxy) is 1. The molecule has 614 valence electrons. The summed E-state index contributed by atoms with van der Waals surface area (Å²) in [6.07, 6.45) is -5.32. The first kappa shape index (κ1) is 86.5. The van der Waals surface area contributed by atoms with Gasteiger partial charge in [0.1, 0.15) is 59.9 Å². The number of nitrogens with zero attached hydrogens (tertiary/aromatic N) is 9. The van der Waals surface area contributed by atoms with Crippen LogP contribution in [0, 0.1) is 47.3 Å². The second kappa shape index (κ2) is 37.0. The highest BCUT2D eigenvalue weighted by Crippen LogP contribution is 2.46. The maximum atomic E-state index is 15.8. The van der Waals surface area contributed by atoms with Crippen LogP contribution >= 0.6 is 11.6 Å². The molecule has 25 nitrogen and oxygen atoms in total. The topological polar surface area (TPSA) is 279 Å². The van der Waals surface area contributed by atoms with Crippen LogP contribution in [0.15, 0.2) is 0 Å². The Morgan fingerprint density at radius 1 is 0.624 bits per heavy atom. The van der Waals surface area contributed by atoms with Gasteiger partial charge in [0.15, 0.2) is 0 Å². The SMILES string of the molecule is CCCN1C(=O)[C@@H]2CCN2C(=O)[C@@H]2[C@H](C)CN2C(=O)[C@H]([C@@H](C)CC)NC(=O)[C@H](CC(C)C)N(C)C(=O)C[C@@H](C(=O)N2CCOCC2)N(C)C(=O)[C@H](C2CCCC2)N(C)C(=O)C2(CCCC2)NC(=O)[C@@H]2CCCN2C(=O)[C@H](CCC2CCC(C(F)(F)F)C(Cl)C2)NC(=O)CN(C)C(=O)[C@@H]1CC1CCC(C(F)(F)F)CC1. The molecule has 3 unspecified atom stereocenters. The molecule has 9 rings (SSSR count). The summed E-state index contributed by atoms with van der Waals surface area (Å²) in [6, 6.07) is -11.5. The van der Waals surface area contributed by atoms with Gasteiger partial charge < -0.3 is 64.8 Å². The summed E-state index contributed by atoms with van der Waals surface area (Å²) in [7, 11) is 5.64. The van der Waals surface area contributed by atoms with Gasteiger partial charge in [0.05, 0.1) is 38.0 Å². The summed E-state index contributed by atoms with van der Waals surface area (Å²) in [5.74, 6) is -13.9. The zero-order chi connectivity index (χ0) is 79.9. The molecule has 9 fully saturated rings. The van der Waals surface area contributed by atoms with Crippen LogP contribution in [0.1, 0.15) is 202 Å². The van der Waals surface area contributed by atoms with Crippen molar-refractivity contribution in [3.8, 4) is 0 Å². The average Bonchev–Trinajstić information content (AvgIpc) is 1.29. The zero-order valence-electron chi connectivity index (χ0n) is 65.4. The van der Waals surface area contributed by atoms with E-state index in [1.807, 2.05) is 20.8 Å². The number of carbonyl (C=O) groups excluding carboxylic acids is 12. The highest BCUT2D eigenvalue weighted by atomic mass is 35.5. The number of amides is 12. The largest absolute Gasteiger partial charge is 0.393 e. The smallest absolute Gasteiger partial charge is 0.378 e. The van der Waals surface area contributed by atoms with Gasteiger partial charge in [0.25, 0.3) is 0 Å². The first-order valence-corrected chi connectivity index (χ1v) is 40.7. The van der Waals surface area contributed by atoms with E-state index in [9.17, 15) is 31.1 Å². The Morgan fingerprint density at radius 2 is 1.27 bits per heavy atom. The van der Waals surface area contributed by atoms with Crippen molar-refractivity contribution in [3.63, 3.8) is 0 Å². The summed E-state index contributed by atoms with van der Waals surface area (Å²) >= 11 is 6.43. The van der Waals surface area contributed by atoms with Crippen molar-refractivity contribution in [2.24, 2.45) is 47.3 Å². The fourth-order valence-electron chi connectivity index (χ4n) is 18.7. The lowest BCUT2D eigenvalue weighted by Crippen LogP contribution is -2.71. The fraction of sp³-hybridized carbons (Fsp3) is 0.844. The molecule has 3 N–H and O–H groups in total. The van der Waals surface area contributed by atoms with E-state index in [1.54, 1.807) is 20.8 Å². The summed E-state index contributed by atoms with van der Waals surface area (Å²) in [5, 5.41) is 7.55. The third-order valence-electron chi connectivity index (χ3n) is 25.6. The van der Waals surface area contributed by atoms with Crippen LogP contribution in [0.25, 0.3) is 0 Å². The van der Waals surface area contributed by atoms with Crippen LogP contribution in [0.2, 0.25) is 0 Å². The fourth-order valence-corrected chi connectivity index (χ4v) is 19.3. The number of morpholine rings is 1. The first-order valence-electron chi connectivity index (χ1n) is 40.2. The summed E-state index contributed by atoms with van der Waals surface area (Å²) in [4.78, 5) is 195. The molecular weight excluding hydrogens is 1450 g/mol. The number of hydrogen-bond donors (Lipinski definition) is 3. The van der Waals surface area contributed by atoms with Gasteiger partial charge in [-0.3, -0.25) is 57.5 Å². The van der Waals surface area contributed by atoms with Gasteiger partial charge in [-0.2, -0.15) is 26.3 Å². The van der Waals surface area contributed by atoms with Crippen molar-refractivity contribution in [1.82, 2.24) is 60.0 Å². The van der Waals surface area contributed by atoms with E-state index in [0.29, 0.717) is 51.4 Å². The van der Waals surface area contributed by atoms with Crippen molar-refractivity contribution in [1.29, 1.82) is 0 Å². The number of halogens is 7. The molecule has 0 aromatic carbocycles. The standard InChI is InChI=1S/C77H119ClF6N12O13/c1-11-32-93-59(41-49-21-25-51(26-22-49)76(79,80)81)68(102)88(7)44-60(97)85-54(28-24-48-23-27-52(53(78)40-48)77(82,83)84)67(101)94-33-17-20-55(94)66(100)87-75(30-15-16-31-75)74(108)91(10)64(50-18-13-14-19-50)72(106)90(9)58(69(103)92-35-37-109-38-36-92)42-61(98)89(8)57(39-45(3)4)65(99)86-62(46(5)12-2)71(105)96-43-47(6)63(96)73(107)95-34-29-56(95)70(93)104/h45-59,62-64H,11-44H2,1-10H3,(H,85,97)(H,86,99)(H,87,100)/t46-,47+,48?,49?,51?,52?,53?,54-,55-,56-,57-,58-,59-,62-,63-,64-/m0/s1. The molecule has 0 aromatic rings. The highest BCUT2D eigenvalue weighted by molar-refractivity contribution is 6.21. The third kappa shape index (κ3) is 19.9. The Morgan fingerprint density at radius 3 is 1.84 bits per heavy atom. The molecule has 109 heavy (non-hydrogen) atoms. The Balaban J connectivity index is 1.10. The van der Waals surface area contributed by atoms with Gasteiger partial charge in [-0.05, 0) is 152 Å². The number of alkyl halides is 7. The van der Waals surface area contributed by atoms with E-state index in [2.05, 4.69) is 16.0 Å². The Labute approximate surface area is 642 Å². The van der Waals surface area contributed by atoms with Gasteiger partial charge >= 0.3 is 12.4 Å². The van der Waals surface area contributed by atoms with Gasteiger partial charge in [0, 0.05) is 78.8 Å². The molecule has 4 aliphatic carbocycles. The van der Waals surface area contributed by atoms with Crippen molar-refractivity contribution in [3.05, 3.63) is 0 Å². The lowest BCUT2D eigenvalue weighted by atomic mass is 9.78. The molecular formula is C77H119ClF6N12O13. The molecule has 1 spiro atoms. The molecule has 0 aromatic heterocycles. The summed E-state index contributed by atoms with van der Waals surface area (Å²) in [5.41, 5.74) is -1.61. The van der Waals surface area contributed by atoms with Crippen molar-refractivity contribution >= 4 is 82.5 Å². The van der Waals surface area contributed by atoms with E-state index in [0.717, 1.165) is 4.90 Å². The second-order valence-electron chi connectivity index (χ2n) is 33.5. The van der Waals surface area contributed by atoms with Gasteiger partial charge in [-0.1, -0.05) is 73.6 Å². The monoisotopic (exact) mass is 1570 g/mol. The Bertz CT molecular complexity index is 3270. The lowest BCUT2D eigenvalue weighted by Gasteiger charge is -2.52. The molecule has 32 heteroatoms. The number of fused-ring (bicyclic) bond motifs is 3. The van der Waals surface area contributed by atoms with Crippen LogP contribution in [0.5, 0.6) is 0 Å². The third-order valence-corrected chi connectivity index (χ3v) is 26.1. The minimum Gasteiger partial charge on any atom is -0.378 e. The zero-order valence-corrected chi connectivity index (χ0v) is 66.2. The maximum Gasteiger partial charge on any atom is 0.393 e. The van der Waals surface area contributed by atoms with Crippen LogP contribution < -0.4 is 16.0 Å². The predicted molar refractivity (Wildman–Crippen MR) is 391 cm³/mol. The average molecular weight is 1570 g/mol. The van der Waals surface area contributed by atoms with Gasteiger partial charge in [0.2, 0.25) is 70.9 Å². The van der Waals surface area contributed by atoms with E-state index in [1.165, 1.54) is 67.4 Å². The molecule has 5 saturated heterocycles. The number of carbonyl (C=O) groups is 12. The molecule has 5 heterocycles. The van der Waals surface area contributed by atoms with Crippen LogP contribution in [-0.4, -0.2) is 280 Å². The number of nitrogens with one attached hydrogen (secondary N) is 3. The van der Waals surface area contributed by atoms with Crippen LogP contribution in [-0.2, 0) is 62.3 Å². The van der Waals surface area contributed by atoms with Crippen LogP contribution in [0.3, 0.4) is 0 Å². The number of rotatable bonds is 13. The molecule has 0 bridgehead atoms. The normalized spacial score (nSPS) is 32.7. The first-order chi connectivity index (χ1) is 51.4. The molecule has 0 radical (unpaired) electrons. The highest BCUT2D eigenvalue weighted by Gasteiger charge is 2.56. The van der Waals surface area contributed by atoms with E-state index >= 15 is 52.7 Å². The number of likely N-dealkylation sites (N-methyl/N-ethyl adjacent to an activating group) is 4.